The summed E-state index contributed by atoms with van der Waals surface area (Å²) < 4.78 is 26.6. The Hall–Kier alpha value is -3.98. The van der Waals surface area contributed by atoms with Gasteiger partial charge in [-0.25, -0.2) is 12.7 Å². The predicted octanol–water partition coefficient (Wildman–Crippen LogP) is 2.22. The van der Waals surface area contributed by atoms with Crippen LogP contribution in [0.15, 0.2) is 89.8 Å². The Balaban J connectivity index is 1.68. The Morgan fingerprint density at radius 1 is 0.886 bits per heavy atom. The lowest BCUT2D eigenvalue weighted by atomic mass is 10.0. The summed E-state index contributed by atoms with van der Waals surface area (Å²) in [7, 11) is -2.69. The number of sulfonamides is 1. The highest BCUT2D eigenvalue weighted by Crippen LogP contribution is 2.30. The third-order valence-electron chi connectivity index (χ3n) is 5.90. The minimum absolute atomic E-state index is 0.0297. The molecule has 0 saturated heterocycles. The number of fused-ring (bicyclic) bond motifs is 1. The Morgan fingerprint density at radius 3 is 2.06 bits per heavy atom. The van der Waals surface area contributed by atoms with Gasteiger partial charge in [0.2, 0.25) is 11.8 Å². The first-order valence-electron chi connectivity index (χ1n) is 11.1. The molecule has 1 aliphatic heterocycles. The molecular formula is C26H25N3O5S. The van der Waals surface area contributed by atoms with Crippen molar-refractivity contribution < 1.29 is 22.8 Å². The van der Waals surface area contributed by atoms with E-state index in [9.17, 15) is 22.8 Å². The van der Waals surface area contributed by atoms with Crippen molar-refractivity contribution in [3.05, 3.63) is 102 Å². The lowest BCUT2D eigenvalue weighted by Gasteiger charge is -2.32. The zero-order valence-corrected chi connectivity index (χ0v) is 19.9. The van der Waals surface area contributed by atoms with E-state index in [0.29, 0.717) is 4.31 Å². The summed E-state index contributed by atoms with van der Waals surface area (Å²) in [5.41, 5.74) is 1.63. The molecule has 0 bridgehead atoms. The summed E-state index contributed by atoms with van der Waals surface area (Å²) in [5.74, 6) is -1.80. The van der Waals surface area contributed by atoms with Crippen LogP contribution in [0, 0.1) is 0 Å². The van der Waals surface area contributed by atoms with Gasteiger partial charge in [-0.05, 0) is 23.3 Å². The van der Waals surface area contributed by atoms with Gasteiger partial charge in [-0.3, -0.25) is 14.4 Å². The minimum Gasteiger partial charge on any atom is -0.357 e. The third-order valence-corrected chi connectivity index (χ3v) is 7.69. The fourth-order valence-electron chi connectivity index (χ4n) is 4.10. The highest BCUT2D eigenvalue weighted by molar-refractivity contribution is 7.90. The molecule has 0 spiro atoms. The zero-order chi connectivity index (χ0) is 25.0. The second-order valence-electron chi connectivity index (χ2n) is 8.14. The summed E-state index contributed by atoms with van der Waals surface area (Å²) in [6.45, 7) is -0.634. The van der Waals surface area contributed by atoms with E-state index in [-0.39, 0.29) is 23.4 Å². The van der Waals surface area contributed by atoms with Gasteiger partial charge in [0, 0.05) is 20.0 Å². The smallest absolute Gasteiger partial charge is 0.269 e. The molecule has 0 aliphatic carbocycles. The molecule has 4 rings (SSSR count). The molecule has 1 N–H and O–H groups in total. The molecule has 0 fully saturated rings. The zero-order valence-electron chi connectivity index (χ0n) is 19.1. The Kier molecular flexibility index (Phi) is 6.97. The molecule has 3 aromatic carbocycles. The minimum atomic E-state index is -4.17. The topological polar surface area (TPSA) is 104 Å². The number of nitrogens with one attached hydrogen (secondary N) is 1. The van der Waals surface area contributed by atoms with Crippen molar-refractivity contribution in [1.82, 2.24) is 14.5 Å². The Labute approximate surface area is 204 Å². The molecular weight excluding hydrogens is 466 g/mol. The fourth-order valence-corrected chi connectivity index (χ4v) is 5.62. The van der Waals surface area contributed by atoms with Crippen molar-refractivity contribution in [2.45, 2.75) is 23.9 Å². The largest absolute Gasteiger partial charge is 0.357 e. The van der Waals surface area contributed by atoms with Gasteiger partial charge >= 0.3 is 0 Å². The first kappa shape index (κ1) is 24.2. The maximum atomic E-state index is 13.6. The SMILES string of the molecule is CNC(=O)[C@H](Cc1ccccc1)N(Cc1ccccc1)C(=O)CN1C(=O)c2ccccc2S1(=O)=O. The van der Waals surface area contributed by atoms with Crippen LogP contribution in [0.5, 0.6) is 0 Å². The number of likely N-dealkylation sites (N-methyl/N-ethyl adjacent to an activating group) is 1. The van der Waals surface area contributed by atoms with Crippen LogP contribution in [0.1, 0.15) is 21.5 Å². The van der Waals surface area contributed by atoms with Crippen molar-refractivity contribution in [2.75, 3.05) is 13.6 Å². The summed E-state index contributed by atoms with van der Waals surface area (Å²) in [6, 6.07) is 23.3. The monoisotopic (exact) mass is 491 g/mol. The van der Waals surface area contributed by atoms with Crippen LogP contribution in [-0.4, -0.2) is 55.0 Å². The first-order valence-corrected chi connectivity index (χ1v) is 12.5. The normalized spacial score (nSPS) is 14.8. The fraction of sp³-hybridized carbons (Fsp3) is 0.192. The van der Waals surface area contributed by atoms with Gasteiger partial charge < -0.3 is 10.2 Å². The second-order valence-corrected chi connectivity index (χ2v) is 9.97. The third kappa shape index (κ3) is 4.95. The molecule has 9 heteroatoms. The summed E-state index contributed by atoms with van der Waals surface area (Å²) in [6.07, 6.45) is 0.222. The Morgan fingerprint density at radius 2 is 1.46 bits per heavy atom. The van der Waals surface area contributed by atoms with Crippen LogP contribution in [0.2, 0.25) is 0 Å². The second kappa shape index (κ2) is 10.1. The standard InChI is InChI=1S/C26H25N3O5S/c1-27-25(31)22(16-19-10-4-2-5-11-19)28(17-20-12-6-3-7-13-20)24(30)18-29-26(32)21-14-8-9-15-23(21)35(29,33)34/h2-15,22H,16-18H2,1H3,(H,27,31)/t22-/m0/s1. The van der Waals surface area contributed by atoms with Crippen molar-refractivity contribution in [3.63, 3.8) is 0 Å². The van der Waals surface area contributed by atoms with Crippen molar-refractivity contribution in [1.29, 1.82) is 0 Å². The molecule has 0 radical (unpaired) electrons. The average Bonchev–Trinajstić information content (AvgIpc) is 3.07. The molecule has 1 atom stereocenters. The van der Waals surface area contributed by atoms with E-state index in [1.807, 2.05) is 60.7 Å². The summed E-state index contributed by atoms with van der Waals surface area (Å²) in [5, 5.41) is 2.61. The van der Waals surface area contributed by atoms with Crippen LogP contribution in [0.25, 0.3) is 0 Å². The predicted molar refractivity (Wildman–Crippen MR) is 130 cm³/mol. The number of benzene rings is 3. The molecule has 1 heterocycles. The van der Waals surface area contributed by atoms with Crippen molar-refractivity contribution >= 4 is 27.7 Å². The summed E-state index contributed by atoms with van der Waals surface area (Å²) in [4.78, 5) is 40.7. The van der Waals surface area contributed by atoms with Crippen molar-refractivity contribution in [3.8, 4) is 0 Å². The molecule has 0 unspecified atom stereocenters. The lowest BCUT2D eigenvalue weighted by Crippen LogP contribution is -2.52. The molecule has 8 nitrogen and oxygen atoms in total. The lowest BCUT2D eigenvalue weighted by molar-refractivity contribution is -0.140. The Bertz CT molecular complexity index is 1340. The number of nitrogens with zero attached hydrogens (tertiary/aromatic N) is 2. The van der Waals surface area contributed by atoms with Crippen LogP contribution in [0.3, 0.4) is 0 Å². The number of amides is 3. The van der Waals surface area contributed by atoms with Gasteiger partial charge in [0.1, 0.15) is 17.5 Å². The first-order chi connectivity index (χ1) is 16.8. The molecule has 3 amide bonds. The highest BCUT2D eigenvalue weighted by Gasteiger charge is 2.43. The van der Waals surface area contributed by atoms with E-state index in [2.05, 4.69) is 5.32 Å². The van der Waals surface area contributed by atoms with E-state index in [1.54, 1.807) is 6.07 Å². The molecule has 35 heavy (non-hydrogen) atoms. The van der Waals surface area contributed by atoms with Gasteiger partial charge in [-0.15, -0.1) is 0 Å². The van der Waals surface area contributed by atoms with E-state index in [1.165, 1.54) is 30.1 Å². The maximum Gasteiger partial charge on any atom is 0.269 e. The van der Waals surface area contributed by atoms with Gasteiger partial charge in [-0.2, -0.15) is 0 Å². The van der Waals surface area contributed by atoms with E-state index >= 15 is 0 Å². The van der Waals surface area contributed by atoms with Gasteiger partial charge in [0.15, 0.2) is 0 Å². The molecule has 3 aromatic rings. The maximum absolute atomic E-state index is 13.6. The van der Waals surface area contributed by atoms with Crippen molar-refractivity contribution in [2.24, 2.45) is 0 Å². The van der Waals surface area contributed by atoms with Crippen LogP contribution in [0.4, 0.5) is 0 Å². The number of rotatable bonds is 8. The van der Waals surface area contributed by atoms with Gasteiger partial charge in [-0.1, -0.05) is 72.8 Å². The van der Waals surface area contributed by atoms with Gasteiger partial charge in [0.25, 0.3) is 15.9 Å². The van der Waals surface area contributed by atoms with Crippen LogP contribution < -0.4 is 5.32 Å². The number of carbonyl (C=O) groups excluding carboxylic acids is 3. The molecule has 1 aliphatic rings. The molecule has 0 saturated carbocycles. The van der Waals surface area contributed by atoms with E-state index in [4.69, 9.17) is 0 Å². The number of hydrogen-bond acceptors (Lipinski definition) is 5. The molecule has 180 valence electrons. The molecule has 0 aromatic heterocycles. The average molecular weight is 492 g/mol. The highest BCUT2D eigenvalue weighted by atomic mass is 32.2. The van der Waals surface area contributed by atoms with Crippen LogP contribution in [-0.2, 0) is 32.6 Å². The number of hydrogen-bond donors (Lipinski definition) is 1. The quantitative estimate of drug-likeness (QED) is 0.520. The number of carbonyl (C=O) groups is 3. The van der Waals surface area contributed by atoms with E-state index < -0.39 is 40.3 Å². The van der Waals surface area contributed by atoms with Gasteiger partial charge in [0.05, 0.1) is 5.56 Å². The van der Waals surface area contributed by atoms with E-state index in [0.717, 1.165) is 11.1 Å². The van der Waals surface area contributed by atoms with Crippen LogP contribution >= 0.6 is 0 Å². The summed E-state index contributed by atoms with van der Waals surface area (Å²) >= 11 is 0.